The van der Waals surface area contributed by atoms with Gasteiger partial charge in [-0.1, -0.05) is 18.2 Å². The quantitative estimate of drug-likeness (QED) is 0.139. The second kappa shape index (κ2) is 10.9. The van der Waals surface area contributed by atoms with E-state index in [4.69, 9.17) is 14.2 Å². The number of ether oxygens (including phenoxy) is 3. The largest absolute Gasteiger partial charge is 0.504 e. The van der Waals surface area contributed by atoms with E-state index in [0.717, 1.165) is 12.1 Å². The number of phenolic OH excluding ortho intramolecular Hbond substituents is 4. The van der Waals surface area contributed by atoms with Gasteiger partial charge >= 0.3 is 17.9 Å². The fourth-order valence-corrected chi connectivity index (χ4v) is 3.79. The fourth-order valence-electron chi connectivity index (χ4n) is 3.79. The Morgan fingerprint density at radius 3 is 2.15 bits per heavy atom. The van der Waals surface area contributed by atoms with E-state index in [1.54, 1.807) is 0 Å². The standard InChI is InChI=1S/C27H22O12/c28-16-5-1-14(9-18(16)30)11-22(26(33)34)37-23(32)8-3-13-2-7-20-21(10-13)39-25(27(35)36)24(38-20)15-4-6-17(29)19(31)12-15/h1-10,12,22,24-25,28-31H,11H2,(H,33,34)(H,35,36)/b8-3+/t22-,24?,25?/m0/s1. The Balaban J connectivity index is 1.47. The predicted molar refractivity (Wildman–Crippen MR) is 132 cm³/mol. The van der Waals surface area contributed by atoms with Crippen LogP contribution in [-0.4, -0.2) is 60.8 Å². The molecule has 0 saturated heterocycles. The minimum Gasteiger partial charge on any atom is -0.504 e. The zero-order valence-corrected chi connectivity index (χ0v) is 19.9. The molecule has 0 radical (unpaired) electrons. The third-order valence-corrected chi connectivity index (χ3v) is 5.73. The Kier molecular flexibility index (Phi) is 7.47. The van der Waals surface area contributed by atoms with Crippen LogP contribution in [0.2, 0.25) is 0 Å². The number of carboxylic acids is 2. The van der Waals surface area contributed by atoms with Gasteiger partial charge in [0.1, 0.15) is 0 Å². The highest BCUT2D eigenvalue weighted by atomic mass is 16.6. The Bertz CT molecular complexity index is 1460. The SMILES string of the molecule is O=C(/C=C/c1ccc2c(c1)OC(C(=O)O)C(c1ccc(O)c(O)c1)O2)O[C@@H](Cc1ccc(O)c(O)c1)C(=O)O. The average Bonchev–Trinajstić information content (AvgIpc) is 2.89. The van der Waals surface area contributed by atoms with Gasteiger partial charge in [0.05, 0.1) is 0 Å². The van der Waals surface area contributed by atoms with Crippen molar-refractivity contribution in [1.82, 2.24) is 0 Å². The van der Waals surface area contributed by atoms with E-state index in [9.17, 15) is 45.0 Å². The Labute approximate surface area is 220 Å². The minimum atomic E-state index is -1.57. The number of carbonyl (C=O) groups excluding carboxylic acids is 1. The molecule has 202 valence electrons. The molecule has 0 spiro atoms. The van der Waals surface area contributed by atoms with Gasteiger partial charge in [-0.2, -0.15) is 0 Å². The van der Waals surface area contributed by atoms with Crippen LogP contribution in [0.4, 0.5) is 0 Å². The van der Waals surface area contributed by atoms with Crippen molar-refractivity contribution in [3.05, 3.63) is 77.4 Å². The molecule has 12 heteroatoms. The zero-order valence-electron chi connectivity index (χ0n) is 19.9. The first-order valence-electron chi connectivity index (χ1n) is 11.4. The Hall–Kier alpha value is -5.39. The molecule has 12 nitrogen and oxygen atoms in total. The van der Waals surface area contributed by atoms with Crippen LogP contribution in [0.1, 0.15) is 22.8 Å². The molecule has 3 aromatic carbocycles. The van der Waals surface area contributed by atoms with Crippen molar-refractivity contribution < 1.29 is 59.2 Å². The fraction of sp³-hybridized carbons (Fsp3) is 0.148. The van der Waals surface area contributed by atoms with Crippen LogP contribution in [0, 0.1) is 0 Å². The molecule has 0 aromatic heterocycles. The van der Waals surface area contributed by atoms with Crippen molar-refractivity contribution in [2.75, 3.05) is 0 Å². The molecule has 3 atom stereocenters. The van der Waals surface area contributed by atoms with Crippen molar-refractivity contribution in [2.24, 2.45) is 0 Å². The molecule has 0 saturated carbocycles. The molecule has 0 bridgehead atoms. The summed E-state index contributed by atoms with van der Waals surface area (Å²) in [7, 11) is 0. The van der Waals surface area contributed by atoms with E-state index in [2.05, 4.69) is 0 Å². The highest BCUT2D eigenvalue weighted by Crippen LogP contribution is 2.41. The van der Waals surface area contributed by atoms with E-state index in [1.807, 2.05) is 0 Å². The summed E-state index contributed by atoms with van der Waals surface area (Å²) in [6, 6.07) is 11.9. The maximum atomic E-state index is 12.3. The number of rotatable bonds is 8. The van der Waals surface area contributed by atoms with Crippen LogP contribution in [0.25, 0.3) is 6.08 Å². The highest BCUT2D eigenvalue weighted by molar-refractivity contribution is 5.89. The van der Waals surface area contributed by atoms with Gasteiger partial charge in [0.15, 0.2) is 40.6 Å². The van der Waals surface area contributed by atoms with Gasteiger partial charge in [-0.05, 0) is 53.6 Å². The molecule has 2 unspecified atom stereocenters. The molecular weight excluding hydrogens is 516 g/mol. The summed E-state index contributed by atoms with van der Waals surface area (Å²) in [5, 5.41) is 57.3. The molecule has 1 heterocycles. The molecule has 0 fully saturated rings. The maximum absolute atomic E-state index is 12.3. The second-order valence-electron chi connectivity index (χ2n) is 8.49. The molecule has 1 aliphatic heterocycles. The van der Waals surface area contributed by atoms with Gasteiger partial charge in [0.2, 0.25) is 12.2 Å². The normalized spacial score (nSPS) is 16.9. The first kappa shape index (κ1) is 26.7. The average molecular weight is 538 g/mol. The number of aromatic hydroxyl groups is 4. The summed E-state index contributed by atoms with van der Waals surface area (Å²) in [5.41, 5.74) is 0.954. The molecule has 0 amide bonds. The number of esters is 1. The van der Waals surface area contributed by atoms with Crippen LogP contribution in [-0.2, 0) is 25.5 Å². The number of fused-ring (bicyclic) bond motifs is 1. The van der Waals surface area contributed by atoms with Crippen LogP contribution in [0.5, 0.6) is 34.5 Å². The minimum absolute atomic E-state index is 0.0627. The number of benzene rings is 3. The number of phenols is 4. The third kappa shape index (κ3) is 6.13. The topological polar surface area (TPSA) is 200 Å². The molecule has 0 aliphatic carbocycles. The van der Waals surface area contributed by atoms with E-state index in [1.165, 1.54) is 54.6 Å². The van der Waals surface area contributed by atoms with Gasteiger partial charge < -0.3 is 44.8 Å². The summed E-state index contributed by atoms with van der Waals surface area (Å²) >= 11 is 0. The number of carboxylic acid groups (broad SMARTS) is 2. The number of aliphatic carboxylic acids is 2. The van der Waals surface area contributed by atoms with Crippen molar-refractivity contribution in [3.8, 4) is 34.5 Å². The lowest BCUT2D eigenvalue weighted by atomic mass is 10.0. The van der Waals surface area contributed by atoms with Crippen LogP contribution in [0.15, 0.2) is 60.7 Å². The molecule has 3 aromatic rings. The van der Waals surface area contributed by atoms with Gasteiger partial charge in [0, 0.05) is 18.1 Å². The van der Waals surface area contributed by atoms with E-state index in [-0.39, 0.29) is 35.0 Å². The lowest BCUT2D eigenvalue weighted by Gasteiger charge is -2.32. The molecule has 39 heavy (non-hydrogen) atoms. The van der Waals surface area contributed by atoms with Crippen LogP contribution < -0.4 is 9.47 Å². The van der Waals surface area contributed by atoms with Gasteiger partial charge in [-0.15, -0.1) is 0 Å². The summed E-state index contributed by atoms with van der Waals surface area (Å²) < 4.78 is 16.4. The zero-order chi connectivity index (χ0) is 28.3. The van der Waals surface area contributed by atoms with Crippen LogP contribution >= 0.6 is 0 Å². The molecule has 1 aliphatic rings. The smallest absolute Gasteiger partial charge is 0.349 e. The Morgan fingerprint density at radius 2 is 1.51 bits per heavy atom. The first-order chi connectivity index (χ1) is 18.5. The molecular formula is C27H22O12. The monoisotopic (exact) mass is 538 g/mol. The first-order valence-corrected chi connectivity index (χ1v) is 11.4. The highest BCUT2D eigenvalue weighted by Gasteiger charge is 2.38. The van der Waals surface area contributed by atoms with E-state index in [0.29, 0.717) is 11.1 Å². The lowest BCUT2D eigenvalue weighted by molar-refractivity contribution is -0.160. The molecule has 6 N–H and O–H groups in total. The molecule has 4 rings (SSSR count). The maximum Gasteiger partial charge on any atom is 0.349 e. The van der Waals surface area contributed by atoms with Crippen molar-refractivity contribution in [3.63, 3.8) is 0 Å². The number of carbonyl (C=O) groups is 3. The Morgan fingerprint density at radius 1 is 0.821 bits per heavy atom. The third-order valence-electron chi connectivity index (χ3n) is 5.73. The van der Waals surface area contributed by atoms with Gasteiger partial charge in [-0.25, -0.2) is 14.4 Å². The van der Waals surface area contributed by atoms with E-state index < -0.39 is 47.7 Å². The summed E-state index contributed by atoms with van der Waals surface area (Å²) in [6.45, 7) is 0. The van der Waals surface area contributed by atoms with Crippen molar-refractivity contribution >= 4 is 24.0 Å². The van der Waals surface area contributed by atoms with Gasteiger partial charge in [0.25, 0.3) is 0 Å². The summed E-state index contributed by atoms with van der Waals surface area (Å²) in [5.74, 6) is -5.15. The van der Waals surface area contributed by atoms with Crippen molar-refractivity contribution in [1.29, 1.82) is 0 Å². The summed E-state index contributed by atoms with van der Waals surface area (Å²) in [6.07, 6.45) is -2.19. The van der Waals surface area contributed by atoms with Crippen LogP contribution in [0.3, 0.4) is 0 Å². The van der Waals surface area contributed by atoms with E-state index >= 15 is 0 Å². The van der Waals surface area contributed by atoms with Crippen molar-refractivity contribution in [2.45, 2.75) is 24.7 Å². The number of hydrogen-bond acceptors (Lipinski definition) is 10. The second-order valence-corrected chi connectivity index (χ2v) is 8.49. The van der Waals surface area contributed by atoms with Gasteiger partial charge in [-0.3, -0.25) is 0 Å². The lowest BCUT2D eigenvalue weighted by Crippen LogP contribution is -2.39. The number of hydrogen-bond donors (Lipinski definition) is 6. The predicted octanol–water partition coefficient (Wildman–Crippen LogP) is 2.73. The summed E-state index contributed by atoms with van der Waals surface area (Å²) in [4.78, 5) is 35.7.